The normalized spacial score (nSPS) is 31.2. The second-order valence-corrected chi connectivity index (χ2v) is 18.7. The number of ether oxygens (including phenoxy) is 4. The van der Waals surface area contributed by atoms with E-state index in [1.165, 1.54) is 52.0 Å². The van der Waals surface area contributed by atoms with Crippen LogP contribution in [-0.4, -0.2) is 121 Å². The lowest BCUT2D eigenvalue weighted by Crippen LogP contribution is -2.80. The minimum Gasteiger partial charge on any atom is -0.456 e. The molecule has 344 valence electrons. The first-order valence-corrected chi connectivity index (χ1v) is 20.8. The van der Waals surface area contributed by atoms with E-state index in [9.17, 15) is 49.5 Å². The second kappa shape index (κ2) is 17.9. The Labute approximate surface area is 370 Å². The van der Waals surface area contributed by atoms with Crippen LogP contribution in [0.15, 0.2) is 65.7 Å². The van der Waals surface area contributed by atoms with Crippen molar-refractivity contribution in [1.82, 2.24) is 10.6 Å². The lowest BCUT2D eigenvalue weighted by Gasteiger charge is -2.65. The minimum atomic E-state index is -2.54. The molecule has 3 aliphatic carbocycles. The molecule has 0 saturated heterocycles. The van der Waals surface area contributed by atoms with Crippen molar-refractivity contribution >= 4 is 47.3 Å². The fourth-order valence-electron chi connectivity index (χ4n) is 9.71. The molecule has 11 atom stereocenters. The molecule has 63 heavy (non-hydrogen) atoms. The molecule has 2 saturated carbocycles. The van der Waals surface area contributed by atoms with Gasteiger partial charge in [-0.25, -0.2) is 9.59 Å². The third kappa shape index (κ3) is 9.09. The van der Waals surface area contributed by atoms with Gasteiger partial charge in [0.05, 0.1) is 41.9 Å². The quantitative estimate of drug-likeness (QED) is 0.103. The van der Waals surface area contributed by atoms with E-state index in [1.54, 1.807) is 51.1 Å². The van der Waals surface area contributed by atoms with E-state index in [2.05, 4.69) is 10.6 Å². The number of aliphatic hydroxyl groups is 5. The molecule has 5 rings (SSSR count). The van der Waals surface area contributed by atoms with E-state index < -0.39 is 131 Å². The van der Waals surface area contributed by atoms with Crippen LogP contribution in [0.3, 0.4) is 0 Å². The summed E-state index contributed by atoms with van der Waals surface area (Å²) in [7, 11) is 0. The van der Waals surface area contributed by atoms with Crippen molar-refractivity contribution in [3.8, 4) is 0 Å². The average Bonchev–Trinajstić information content (AvgIpc) is 3.18. The minimum absolute atomic E-state index is 0.00836. The van der Waals surface area contributed by atoms with Crippen LogP contribution in [0.25, 0.3) is 0 Å². The summed E-state index contributed by atoms with van der Waals surface area (Å²) in [4.78, 5) is 83.1. The summed E-state index contributed by atoms with van der Waals surface area (Å²) >= 11 is 6.12. The molecule has 3 aliphatic rings. The molecular weight excluding hydrogens is 844 g/mol. The molecule has 18 heteroatoms. The lowest BCUT2D eigenvalue weighted by molar-refractivity contribution is -0.267. The number of Topliss-reactive ketones (excluding diaryl/α,β-unsaturated/α-hetero) is 1. The van der Waals surface area contributed by atoms with E-state index in [-0.39, 0.29) is 27.3 Å². The Kier molecular flexibility index (Phi) is 14.0. The molecule has 2 aromatic rings. The number of carbonyl (C=O) groups is 6. The number of hydrogen-bond donors (Lipinski definition) is 7. The van der Waals surface area contributed by atoms with Gasteiger partial charge in [0.15, 0.2) is 23.6 Å². The number of alkyl carbamates (subject to hydrolysis) is 1. The number of fused-ring (bicyclic) bond motifs is 3. The fourth-order valence-corrected chi connectivity index (χ4v) is 9.84. The van der Waals surface area contributed by atoms with Crippen molar-refractivity contribution in [2.75, 3.05) is 6.61 Å². The number of hydrogen-bond acceptors (Lipinski definition) is 15. The van der Waals surface area contributed by atoms with Gasteiger partial charge in [-0.1, -0.05) is 55.8 Å². The van der Waals surface area contributed by atoms with Gasteiger partial charge in [0.25, 0.3) is 5.91 Å². The number of amides is 2. The Bertz CT molecular complexity index is 2140. The zero-order chi connectivity index (χ0) is 47.2. The van der Waals surface area contributed by atoms with Gasteiger partial charge >= 0.3 is 24.0 Å². The van der Waals surface area contributed by atoms with E-state index in [0.717, 1.165) is 13.8 Å². The SMILES string of the molecule is CC(=O)O[C@H]1C(=O)[C@@]2(C)[C@H]([C@H](NC(=O)c3ccc(Cl)cc3)[C@]3(O)C[C@H](OC(=O)[C@H](O)[C@@H](NC(=O)OC(C)(C)C)c4ccccc4)C(C)=C1C3(C)C)[C@@](CO)(OC(C)=O)[C@@H](O)C[C@@H]2O. The first-order chi connectivity index (χ1) is 29.2. The van der Waals surface area contributed by atoms with E-state index >= 15 is 4.79 Å². The van der Waals surface area contributed by atoms with Gasteiger partial charge in [0.2, 0.25) is 0 Å². The molecule has 2 amide bonds. The highest BCUT2D eigenvalue weighted by molar-refractivity contribution is 6.30. The summed E-state index contributed by atoms with van der Waals surface area (Å²) in [6.07, 6.45) is -11.7. The van der Waals surface area contributed by atoms with Crippen LogP contribution in [0, 0.1) is 16.7 Å². The molecule has 0 unspecified atom stereocenters. The molecule has 0 heterocycles. The van der Waals surface area contributed by atoms with E-state index in [1.807, 2.05) is 0 Å². The van der Waals surface area contributed by atoms with Crippen molar-refractivity contribution in [2.24, 2.45) is 16.7 Å². The molecule has 0 spiro atoms. The molecule has 0 aromatic heterocycles. The molecule has 7 N–H and O–H groups in total. The smallest absolute Gasteiger partial charge is 0.408 e. The highest BCUT2D eigenvalue weighted by Crippen LogP contribution is 2.62. The molecule has 17 nitrogen and oxygen atoms in total. The summed E-state index contributed by atoms with van der Waals surface area (Å²) in [6, 6.07) is 10.2. The van der Waals surface area contributed by atoms with Gasteiger partial charge in [-0.3, -0.25) is 19.2 Å². The third-order valence-electron chi connectivity index (χ3n) is 12.8. The Morgan fingerprint density at radius 2 is 1.52 bits per heavy atom. The van der Waals surface area contributed by atoms with Gasteiger partial charge in [-0.2, -0.15) is 0 Å². The van der Waals surface area contributed by atoms with Gasteiger partial charge in [0, 0.05) is 48.6 Å². The summed E-state index contributed by atoms with van der Waals surface area (Å²) in [5.74, 6) is -7.18. The highest BCUT2D eigenvalue weighted by atomic mass is 35.5. The molecule has 2 fully saturated rings. The van der Waals surface area contributed by atoms with E-state index in [0.29, 0.717) is 0 Å². The van der Waals surface area contributed by atoms with Crippen LogP contribution in [0.1, 0.15) is 97.1 Å². The predicted molar refractivity (Wildman–Crippen MR) is 224 cm³/mol. The van der Waals surface area contributed by atoms with Gasteiger partial charge < -0.3 is 55.1 Å². The van der Waals surface area contributed by atoms with Crippen LogP contribution in [0.4, 0.5) is 4.79 Å². The van der Waals surface area contributed by atoms with Crippen molar-refractivity contribution in [3.63, 3.8) is 0 Å². The topological polar surface area (TPSA) is 265 Å². The summed E-state index contributed by atoms with van der Waals surface area (Å²) in [5.41, 5.74) is -9.84. The Morgan fingerprint density at radius 3 is 2.06 bits per heavy atom. The van der Waals surface area contributed by atoms with Crippen molar-refractivity contribution in [1.29, 1.82) is 0 Å². The summed E-state index contributed by atoms with van der Waals surface area (Å²) < 4.78 is 23.0. The molecule has 0 aliphatic heterocycles. The number of ketones is 1. The van der Waals surface area contributed by atoms with Gasteiger partial charge in [-0.15, -0.1) is 0 Å². The molecule has 2 bridgehead atoms. The first kappa shape index (κ1) is 49.1. The number of aliphatic hydroxyl groups excluding tert-OH is 4. The molecule has 0 radical (unpaired) electrons. The largest absolute Gasteiger partial charge is 0.456 e. The zero-order valence-corrected chi connectivity index (χ0v) is 37.4. The Balaban J connectivity index is 1.77. The number of nitrogens with one attached hydrogen (secondary N) is 2. The summed E-state index contributed by atoms with van der Waals surface area (Å²) in [5, 5.41) is 66.0. The maximum Gasteiger partial charge on any atom is 0.408 e. The lowest BCUT2D eigenvalue weighted by atomic mass is 9.44. The van der Waals surface area contributed by atoms with Crippen LogP contribution in [0.2, 0.25) is 5.02 Å². The zero-order valence-electron chi connectivity index (χ0n) is 36.6. The van der Waals surface area contributed by atoms with Crippen molar-refractivity contribution in [3.05, 3.63) is 81.9 Å². The van der Waals surface area contributed by atoms with E-state index in [4.69, 9.17) is 30.5 Å². The Morgan fingerprint density at radius 1 is 0.921 bits per heavy atom. The van der Waals surface area contributed by atoms with Crippen LogP contribution in [-0.2, 0) is 38.1 Å². The molecular formula is C45H57ClN2O15. The highest BCUT2D eigenvalue weighted by Gasteiger charge is 2.75. The number of benzene rings is 2. The Hall–Kier alpha value is -4.91. The number of esters is 3. The van der Waals surface area contributed by atoms with Crippen molar-refractivity contribution in [2.45, 2.75) is 135 Å². The number of carbonyl (C=O) groups excluding carboxylic acids is 6. The fraction of sp³-hybridized carbons (Fsp3) is 0.556. The second-order valence-electron chi connectivity index (χ2n) is 18.3. The maximum atomic E-state index is 15.5. The average molecular weight is 901 g/mol. The standard InChI is InChI=1S/C45H57ClN2O15/c1-22-28(61-39(57)33(54)32(25-13-11-10-12-14-25)47-40(58)63-41(4,5)6)20-45(59)36(48-38(56)26-15-17-27(46)18-16-26)35-43(9,29(52)19-30(53)44(35,21-49)62-24(3)51)37(55)34(60-23(2)50)31(22)42(45,7)8/h10-18,28-30,32-36,49,52-54,59H,19-21H2,1-9H3,(H,47,58)(H,48,56)/t28-,29-,30-,32-,33+,34+,35-,36-,43+,44-,45+/m0/s1. The number of halogens is 1. The van der Waals surface area contributed by atoms with Crippen LogP contribution in [0.5, 0.6) is 0 Å². The molecule has 2 aromatic carbocycles. The predicted octanol–water partition coefficient (Wildman–Crippen LogP) is 3.01. The summed E-state index contributed by atoms with van der Waals surface area (Å²) in [6.45, 7) is 11.3. The number of rotatable bonds is 10. The van der Waals surface area contributed by atoms with Crippen LogP contribution >= 0.6 is 11.6 Å². The van der Waals surface area contributed by atoms with Gasteiger partial charge in [-0.05, 0) is 75.6 Å². The monoisotopic (exact) mass is 900 g/mol. The van der Waals surface area contributed by atoms with Crippen LogP contribution < -0.4 is 10.6 Å². The maximum absolute atomic E-state index is 15.5. The van der Waals surface area contributed by atoms with Crippen molar-refractivity contribution < 1.29 is 73.2 Å². The first-order valence-electron chi connectivity index (χ1n) is 20.5. The third-order valence-corrected chi connectivity index (χ3v) is 13.1. The van der Waals surface area contributed by atoms with Gasteiger partial charge in [0.1, 0.15) is 11.7 Å².